The quantitative estimate of drug-likeness (QED) is 0.473. The van der Waals surface area contributed by atoms with Gasteiger partial charge in [-0.2, -0.15) is 4.98 Å². The first-order valence-electron chi connectivity index (χ1n) is 8.50. The maximum absolute atomic E-state index is 13.9. The third-order valence-electron chi connectivity index (χ3n) is 4.69. The topological polar surface area (TPSA) is 125 Å². The van der Waals surface area contributed by atoms with Crippen molar-refractivity contribution in [1.82, 2.24) is 9.97 Å². The Morgan fingerprint density at radius 2 is 1.96 bits per heavy atom. The predicted molar refractivity (Wildman–Crippen MR) is 101 cm³/mol. The van der Waals surface area contributed by atoms with Gasteiger partial charge in [0.2, 0.25) is 5.95 Å². The summed E-state index contributed by atoms with van der Waals surface area (Å²) >= 11 is 6.14. The average molecular weight is 413 g/mol. The number of halogens is 3. The Labute approximate surface area is 164 Å². The van der Waals surface area contributed by atoms with E-state index in [-0.39, 0.29) is 41.1 Å². The molecule has 0 bridgehead atoms. The first-order valence-corrected chi connectivity index (χ1v) is 8.88. The van der Waals surface area contributed by atoms with Crippen molar-refractivity contribution in [2.24, 2.45) is 5.92 Å². The van der Waals surface area contributed by atoms with Crippen LogP contribution in [0.5, 0.6) is 0 Å². The van der Waals surface area contributed by atoms with Crippen molar-refractivity contribution in [2.45, 2.75) is 24.7 Å². The van der Waals surface area contributed by atoms with Crippen LogP contribution in [0.25, 0.3) is 12.2 Å². The monoisotopic (exact) mass is 412 g/mol. The van der Waals surface area contributed by atoms with Crippen LogP contribution in [0.3, 0.4) is 0 Å². The molecule has 0 aliphatic heterocycles. The molecule has 1 aliphatic carbocycles. The van der Waals surface area contributed by atoms with E-state index in [1.54, 1.807) is 0 Å². The maximum Gasteiger partial charge on any atom is 0.223 e. The van der Waals surface area contributed by atoms with Crippen LogP contribution in [0, 0.1) is 17.6 Å². The van der Waals surface area contributed by atoms with Gasteiger partial charge in [-0.3, -0.25) is 0 Å². The highest BCUT2D eigenvalue weighted by molar-refractivity contribution is 6.31. The average Bonchev–Trinajstić information content (AvgIpc) is 2.92. The smallest absolute Gasteiger partial charge is 0.223 e. The Balaban J connectivity index is 1.92. The summed E-state index contributed by atoms with van der Waals surface area (Å²) in [5.41, 5.74) is 5.88. The number of benzene rings is 1. The van der Waals surface area contributed by atoms with Gasteiger partial charge in [0.1, 0.15) is 17.1 Å². The maximum atomic E-state index is 13.9. The van der Waals surface area contributed by atoms with Gasteiger partial charge >= 0.3 is 0 Å². The van der Waals surface area contributed by atoms with Crippen molar-refractivity contribution < 1.29 is 24.1 Å². The standard InChI is InChI=1S/C18H19ClF2N4O3/c19-16-10(5-4-8-2-1-3-11(20)13(8)21)17(25-18(22)24-16)23-12-6-9(7-26)14(27)15(12)28/h1-5,9,12,14-15,26-28H,6-7H2,(H3,22,23,24,25)/t9-,12-,14-,15+/m1/s1. The number of aliphatic hydroxyl groups is 3. The molecule has 150 valence electrons. The lowest BCUT2D eigenvalue weighted by atomic mass is 10.1. The molecule has 1 aromatic heterocycles. The molecule has 0 radical (unpaired) electrons. The molecule has 0 amide bonds. The van der Waals surface area contributed by atoms with Crippen LogP contribution >= 0.6 is 11.6 Å². The van der Waals surface area contributed by atoms with E-state index >= 15 is 0 Å². The number of hydrogen-bond acceptors (Lipinski definition) is 7. The minimum absolute atomic E-state index is 0.00416. The van der Waals surface area contributed by atoms with E-state index in [0.29, 0.717) is 0 Å². The Bertz CT molecular complexity index is 899. The molecule has 1 heterocycles. The molecule has 6 N–H and O–H groups in total. The summed E-state index contributed by atoms with van der Waals surface area (Å²) < 4.78 is 27.2. The summed E-state index contributed by atoms with van der Waals surface area (Å²) in [4.78, 5) is 7.90. The largest absolute Gasteiger partial charge is 0.396 e. The molecule has 1 saturated carbocycles. The van der Waals surface area contributed by atoms with Crippen LogP contribution in [0.15, 0.2) is 18.2 Å². The first-order chi connectivity index (χ1) is 13.3. The molecule has 0 unspecified atom stereocenters. The molecule has 4 atom stereocenters. The number of anilines is 2. The van der Waals surface area contributed by atoms with Gasteiger partial charge in [0.05, 0.1) is 17.7 Å². The molecule has 1 aliphatic rings. The molecule has 3 rings (SSSR count). The normalized spacial score (nSPS) is 24.8. The second kappa shape index (κ2) is 8.36. The van der Waals surface area contributed by atoms with Crippen LogP contribution in [-0.2, 0) is 0 Å². The van der Waals surface area contributed by atoms with E-state index < -0.39 is 35.8 Å². The Morgan fingerprint density at radius 1 is 1.21 bits per heavy atom. The molecule has 10 heteroatoms. The summed E-state index contributed by atoms with van der Waals surface area (Å²) in [7, 11) is 0. The molecule has 2 aromatic rings. The third kappa shape index (κ3) is 4.07. The third-order valence-corrected chi connectivity index (χ3v) is 4.97. The second-order valence-electron chi connectivity index (χ2n) is 6.52. The zero-order valence-corrected chi connectivity index (χ0v) is 15.3. The number of nitrogens with zero attached hydrogens (tertiary/aromatic N) is 2. The Morgan fingerprint density at radius 3 is 2.64 bits per heavy atom. The van der Waals surface area contributed by atoms with Crippen molar-refractivity contribution in [3.63, 3.8) is 0 Å². The van der Waals surface area contributed by atoms with Gasteiger partial charge < -0.3 is 26.4 Å². The van der Waals surface area contributed by atoms with Crippen LogP contribution < -0.4 is 11.1 Å². The predicted octanol–water partition coefficient (Wildman–Crippen LogP) is 1.68. The molecule has 0 spiro atoms. The fourth-order valence-corrected chi connectivity index (χ4v) is 3.40. The van der Waals surface area contributed by atoms with Gasteiger partial charge in [-0.1, -0.05) is 29.8 Å². The van der Waals surface area contributed by atoms with E-state index in [1.807, 2.05) is 0 Å². The molecule has 1 fully saturated rings. The lowest BCUT2D eigenvalue weighted by Gasteiger charge is -2.20. The number of aliphatic hydroxyl groups excluding tert-OH is 3. The van der Waals surface area contributed by atoms with Gasteiger partial charge in [0.25, 0.3) is 0 Å². The van der Waals surface area contributed by atoms with E-state index in [4.69, 9.17) is 17.3 Å². The van der Waals surface area contributed by atoms with E-state index in [0.717, 1.165) is 6.07 Å². The molecule has 1 aromatic carbocycles. The second-order valence-corrected chi connectivity index (χ2v) is 6.88. The highest BCUT2D eigenvalue weighted by atomic mass is 35.5. The van der Waals surface area contributed by atoms with Gasteiger partial charge in [-0.05, 0) is 18.6 Å². The zero-order valence-electron chi connectivity index (χ0n) is 14.6. The number of nitrogens with two attached hydrogens (primary N) is 1. The van der Waals surface area contributed by atoms with Gasteiger partial charge in [-0.25, -0.2) is 13.8 Å². The van der Waals surface area contributed by atoms with E-state index in [9.17, 15) is 24.1 Å². The molecule has 28 heavy (non-hydrogen) atoms. The number of aromatic nitrogens is 2. The lowest BCUT2D eigenvalue weighted by molar-refractivity contribution is 0.00445. The van der Waals surface area contributed by atoms with E-state index in [1.165, 1.54) is 24.3 Å². The lowest BCUT2D eigenvalue weighted by Crippen LogP contribution is -2.35. The SMILES string of the molecule is Nc1nc(Cl)c(C=Cc2cccc(F)c2F)c(N[C@@H]2C[C@H](CO)[C@@H](O)[C@H]2O)n1. The Kier molecular flexibility index (Phi) is 6.09. The van der Waals surface area contributed by atoms with Crippen molar-refractivity contribution in [3.05, 3.63) is 46.1 Å². The van der Waals surface area contributed by atoms with Gasteiger partial charge in [0, 0.05) is 18.1 Å². The number of nitrogen functional groups attached to an aromatic ring is 1. The summed E-state index contributed by atoms with van der Waals surface area (Å²) in [6.07, 6.45) is 0.730. The Hall–Kier alpha value is -2.33. The zero-order chi connectivity index (χ0) is 20.4. The summed E-state index contributed by atoms with van der Waals surface area (Å²) in [5, 5.41) is 32.4. The van der Waals surface area contributed by atoms with Gasteiger partial charge in [0.15, 0.2) is 11.6 Å². The fraction of sp³-hybridized carbons (Fsp3) is 0.333. The summed E-state index contributed by atoms with van der Waals surface area (Å²) in [5.74, 6) is -2.48. The highest BCUT2D eigenvalue weighted by Crippen LogP contribution is 2.32. The minimum Gasteiger partial charge on any atom is -0.396 e. The van der Waals surface area contributed by atoms with Crippen LogP contribution in [0.2, 0.25) is 5.15 Å². The first kappa shape index (κ1) is 20.4. The van der Waals surface area contributed by atoms with Crippen molar-refractivity contribution >= 4 is 35.5 Å². The molecule has 0 saturated heterocycles. The number of nitrogens with one attached hydrogen (secondary N) is 1. The fourth-order valence-electron chi connectivity index (χ4n) is 3.16. The molecule has 7 nitrogen and oxygen atoms in total. The number of rotatable bonds is 5. The van der Waals surface area contributed by atoms with Crippen LogP contribution in [0.4, 0.5) is 20.5 Å². The highest BCUT2D eigenvalue weighted by Gasteiger charge is 2.41. The van der Waals surface area contributed by atoms with Crippen LogP contribution in [-0.4, -0.2) is 50.1 Å². The van der Waals surface area contributed by atoms with Crippen molar-refractivity contribution in [3.8, 4) is 0 Å². The van der Waals surface area contributed by atoms with Crippen molar-refractivity contribution in [2.75, 3.05) is 17.7 Å². The summed E-state index contributed by atoms with van der Waals surface area (Å²) in [6, 6.07) is 3.12. The van der Waals surface area contributed by atoms with Crippen LogP contribution in [0.1, 0.15) is 17.5 Å². The van der Waals surface area contributed by atoms with E-state index in [2.05, 4.69) is 15.3 Å². The summed E-state index contributed by atoms with van der Waals surface area (Å²) in [6.45, 7) is -0.283. The minimum atomic E-state index is -1.15. The van der Waals surface area contributed by atoms with Crippen molar-refractivity contribution in [1.29, 1.82) is 0 Å². The number of hydrogen-bond donors (Lipinski definition) is 5. The molecular weight excluding hydrogens is 394 g/mol. The van der Waals surface area contributed by atoms with Gasteiger partial charge in [-0.15, -0.1) is 0 Å². The molecular formula is C18H19ClF2N4O3.